The Kier molecular flexibility index (Phi) is 8.63. The van der Waals surface area contributed by atoms with Crippen molar-refractivity contribution in [3.05, 3.63) is 86.3 Å². The lowest BCUT2D eigenvalue weighted by atomic mass is 10.2. The Labute approximate surface area is 206 Å². The molecule has 0 aliphatic rings. The largest absolute Gasteiger partial charge is 0.332 e. The van der Waals surface area contributed by atoms with Gasteiger partial charge in [0.2, 0.25) is 5.91 Å². The summed E-state index contributed by atoms with van der Waals surface area (Å²) in [5.74, 6) is -0.492. The van der Waals surface area contributed by atoms with E-state index in [0.29, 0.717) is 18.8 Å². The maximum atomic E-state index is 13.4. The quantitative estimate of drug-likeness (QED) is 0.364. The molecule has 0 atom stereocenters. The summed E-state index contributed by atoms with van der Waals surface area (Å²) in [6.07, 6.45) is 0. The maximum absolute atomic E-state index is 13.4. The molecule has 0 aliphatic heterocycles. The van der Waals surface area contributed by atoms with E-state index in [1.54, 1.807) is 40.5 Å². The van der Waals surface area contributed by atoms with Crippen molar-refractivity contribution in [1.82, 2.24) is 9.80 Å². The third-order valence-electron chi connectivity index (χ3n) is 5.23. The van der Waals surface area contributed by atoms with Crippen LogP contribution in [0.4, 0.5) is 14.9 Å². The van der Waals surface area contributed by atoms with Crippen LogP contribution in [-0.2, 0) is 17.9 Å². The van der Waals surface area contributed by atoms with Crippen LogP contribution in [0, 0.1) is 12.7 Å². The van der Waals surface area contributed by atoms with E-state index in [4.69, 9.17) is 0 Å². The molecule has 0 bridgehead atoms. The summed E-state index contributed by atoms with van der Waals surface area (Å²) >= 11 is 4.97. The molecule has 0 saturated carbocycles. The van der Waals surface area contributed by atoms with Gasteiger partial charge in [0.25, 0.3) is 0 Å². The Morgan fingerprint density at radius 1 is 1.03 bits per heavy atom. The van der Waals surface area contributed by atoms with Crippen molar-refractivity contribution in [3.8, 4) is 0 Å². The van der Waals surface area contributed by atoms with Gasteiger partial charge in [0.05, 0.1) is 6.54 Å². The molecule has 2 aromatic carbocycles. The molecule has 0 spiro atoms. The molecule has 5 nitrogen and oxygen atoms in total. The second-order valence-corrected chi connectivity index (χ2v) is 9.98. The third kappa shape index (κ3) is 7.14. The minimum atomic E-state index is -0.338. The molecule has 174 valence electrons. The number of benzene rings is 2. The predicted octanol–water partition coefficient (Wildman–Crippen LogP) is 6.43. The fourth-order valence-corrected chi connectivity index (χ4v) is 4.43. The number of anilines is 1. The van der Waals surface area contributed by atoms with E-state index < -0.39 is 0 Å². The Hall–Kier alpha value is -2.71. The van der Waals surface area contributed by atoms with Gasteiger partial charge in [-0.2, -0.15) is 0 Å². The number of nitrogens with one attached hydrogen (secondary N) is 1. The minimum absolute atomic E-state index is 0.0638. The fourth-order valence-electron chi connectivity index (χ4n) is 3.24. The van der Waals surface area contributed by atoms with Gasteiger partial charge in [-0.05, 0) is 79.7 Å². The molecule has 3 amide bonds. The first-order chi connectivity index (χ1) is 15.7. The van der Waals surface area contributed by atoms with E-state index in [1.165, 1.54) is 17.0 Å². The average molecular weight is 532 g/mol. The summed E-state index contributed by atoms with van der Waals surface area (Å²) < 4.78 is 14.3. The van der Waals surface area contributed by atoms with E-state index in [-0.39, 0.29) is 30.3 Å². The monoisotopic (exact) mass is 531 g/mol. The number of hydrogen-bond donors (Lipinski definition) is 1. The smallest absolute Gasteiger partial charge is 0.322 e. The molecule has 1 aromatic heterocycles. The Morgan fingerprint density at radius 2 is 1.70 bits per heavy atom. The molecule has 0 unspecified atom stereocenters. The summed E-state index contributed by atoms with van der Waals surface area (Å²) in [6, 6.07) is 14.9. The molecule has 33 heavy (non-hydrogen) atoms. The zero-order valence-corrected chi connectivity index (χ0v) is 21.2. The molecule has 0 aliphatic carbocycles. The van der Waals surface area contributed by atoms with Crippen LogP contribution in [0.3, 0.4) is 0 Å². The summed E-state index contributed by atoms with van der Waals surface area (Å²) in [5.41, 5.74) is 2.60. The van der Waals surface area contributed by atoms with Gasteiger partial charge < -0.3 is 15.1 Å². The first-order valence-corrected chi connectivity index (χ1v) is 12.3. The van der Waals surface area contributed by atoms with Crippen LogP contribution in [0.25, 0.3) is 0 Å². The highest BCUT2D eigenvalue weighted by Gasteiger charge is 2.24. The van der Waals surface area contributed by atoms with Crippen LogP contribution >= 0.6 is 27.3 Å². The van der Waals surface area contributed by atoms with Crippen LogP contribution in [0.15, 0.2) is 64.5 Å². The van der Waals surface area contributed by atoms with Crippen molar-refractivity contribution in [1.29, 1.82) is 0 Å². The maximum Gasteiger partial charge on any atom is 0.322 e. The van der Waals surface area contributed by atoms with E-state index in [1.807, 2.05) is 44.4 Å². The van der Waals surface area contributed by atoms with Crippen LogP contribution in [0.2, 0.25) is 0 Å². The molecule has 3 aromatic rings. The number of urea groups is 1. The summed E-state index contributed by atoms with van der Waals surface area (Å²) in [6.45, 7) is 6.46. The number of thiophene rings is 1. The van der Waals surface area contributed by atoms with Crippen molar-refractivity contribution < 1.29 is 14.0 Å². The first kappa shape index (κ1) is 24.9. The highest BCUT2D eigenvalue weighted by molar-refractivity contribution is 9.10. The molecule has 1 N–H and O–H groups in total. The number of aryl methyl sites for hydroxylation is 1. The second kappa shape index (κ2) is 11.4. The first-order valence-electron chi connectivity index (χ1n) is 10.6. The van der Waals surface area contributed by atoms with Crippen LogP contribution < -0.4 is 5.32 Å². The SMILES string of the molecule is Cc1ccsc1CN(Cc1ccc(F)cc1)C(=O)CN(C(=O)Nc1ccc(Br)cc1)C(C)C. The Morgan fingerprint density at radius 3 is 2.27 bits per heavy atom. The van der Waals surface area contributed by atoms with Crippen molar-refractivity contribution in [2.45, 2.75) is 39.9 Å². The summed E-state index contributed by atoms with van der Waals surface area (Å²) in [5, 5.41) is 4.86. The van der Waals surface area contributed by atoms with Gasteiger partial charge in [0.1, 0.15) is 12.4 Å². The topological polar surface area (TPSA) is 52.7 Å². The highest BCUT2D eigenvalue weighted by atomic mass is 79.9. The van der Waals surface area contributed by atoms with Crippen LogP contribution in [-0.4, -0.2) is 34.3 Å². The lowest BCUT2D eigenvalue weighted by Gasteiger charge is -2.30. The Bertz CT molecular complexity index is 1080. The Balaban J connectivity index is 1.76. The van der Waals surface area contributed by atoms with E-state index in [2.05, 4.69) is 21.2 Å². The molecule has 0 saturated heterocycles. The van der Waals surface area contributed by atoms with Gasteiger partial charge in [0, 0.05) is 27.6 Å². The van der Waals surface area contributed by atoms with E-state index >= 15 is 0 Å². The van der Waals surface area contributed by atoms with Crippen molar-refractivity contribution in [3.63, 3.8) is 0 Å². The number of amides is 3. The minimum Gasteiger partial charge on any atom is -0.332 e. The van der Waals surface area contributed by atoms with Crippen LogP contribution in [0.1, 0.15) is 29.9 Å². The lowest BCUT2D eigenvalue weighted by Crippen LogP contribution is -2.47. The predicted molar refractivity (Wildman–Crippen MR) is 135 cm³/mol. The zero-order chi connectivity index (χ0) is 24.0. The standard InChI is InChI=1S/C25H27BrFN3O2S/c1-17(2)30(25(32)28-22-10-6-20(26)7-11-22)16-24(31)29(15-23-18(3)12-13-33-23)14-19-4-8-21(27)9-5-19/h4-13,17H,14-16H2,1-3H3,(H,28,32). The fraction of sp³-hybridized carbons (Fsp3) is 0.280. The molecule has 0 fully saturated rings. The van der Waals surface area contributed by atoms with Gasteiger partial charge in [-0.15, -0.1) is 11.3 Å². The lowest BCUT2D eigenvalue weighted by molar-refractivity contribution is -0.133. The number of nitrogens with zero attached hydrogens (tertiary/aromatic N) is 2. The normalized spacial score (nSPS) is 10.8. The average Bonchev–Trinajstić information content (AvgIpc) is 3.18. The highest BCUT2D eigenvalue weighted by Crippen LogP contribution is 2.20. The molecule has 1 heterocycles. The van der Waals surface area contributed by atoms with Crippen molar-refractivity contribution in [2.75, 3.05) is 11.9 Å². The number of carbonyl (C=O) groups is 2. The molecular formula is C25H27BrFN3O2S. The molecule has 0 radical (unpaired) electrons. The van der Waals surface area contributed by atoms with Crippen molar-refractivity contribution in [2.24, 2.45) is 0 Å². The number of halogens is 2. The van der Waals surface area contributed by atoms with Crippen LogP contribution in [0.5, 0.6) is 0 Å². The zero-order valence-electron chi connectivity index (χ0n) is 18.8. The van der Waals surface area contributed by atoms with Gasteiger partial charge in [-0.25, -0.2) is 9.18 Å². The number of rotatable bonds is 8. The van der Waals surface area contributed by atoms with Gasteiger partial charge in [-0.3, -0.25) is 4.79 Å². The molecule has 8 heteroatoms. The summed E-state index contributed by atoms with van der Waals surface area (Å²) in [4.78, 5) is 30.7. The molecule has 3 rings (SSSR count). The number of carbonyl (C=O) groups excluding carboxylic acids is 2. The van der Waals surface area contributed by atoms with Gasteiger partial charge in [0.15, 0.2) is 0 Å². The van der Waals surface area contributed by atoms with Gasteiger partial charge in [-0.1, -0.05) is 28.1 Å². The second-order valence-electron chi connectivity index (χ2n) is 8.06. The van der Waals surface area contributed by atoms with E-state index in [9.17, 15) is 14.0 Å². The van der Waals surface area contributed by atoms with Crippen molar-refractivity contribution >= 4 is 44.9 Å². The third-order valence-corrected chi connectivity index (χ3v) is 6.76. The van der Waals surface area contributed by atoms with Gasteiger partial charge >= 0.3 is 6.03 Å². The summed E-state index contributed by atoms with van der Waals surface area (Å²) in [7, 11) is 0. The molecular weight excluding hydrogens is 505 g/mol. The van der Waals surface area contributed by atoms with E-state index in [0.717, 1.165) is 20.5 Å². The number of hydrogen-bond acceptors (Lipinski definition) is 3.